The van der Waals surface area contributed by atoms with Crippen molar-refractivity contribution in [3.8, 4) is 16.9 Å². The molecule has 11 nitrogen and oxygen atoms in total. The van der Waals surface area contributed by atoms with E-state index in [0.717, 1.165) is 0 Å². The fourth-order valence-electron chi connectivity index (χ4n) is 6.81. The van der Waals surface area contributed by atoms with Crippen LogP contribution in [0.15, 0.2) is 36.4 Å². The number of hydrogen-bond donors (Lipinski definition) is 4. The van der Waals surface area contributed by atoms with Crippen LogP contribution >= 0.6 is 0 Å². The third kappa shape index (κ3) is 3.88. The van der Waals surface area contributed by atoms with E-state index in [9.17, 15) is 39.0 Å². The zero-order chi connectivity index (χ0) is 29.3. The summed E-state index contributed by atoms with van der Waals surface area (Å²) in [5.74, 6) is -11.1. The van der Waals surface area contributed by atoms with Crippen molar-refractivity contribution in [1.29, 1.82) is 0 Å². The van der Waals surface area contributed by atoms with Crippen LogP contribution in [0.1, 0.15) is 29.3 Å². The molecule has 6 atom stereocenters. The Hall–Kier alpha value is -4.22. The van der Waals surface area contributed by atoms with Crippen LogP contribution < -0.4 is 11.1 Å². The van der Waals surface area contributed by atoms with E-state index in [-0.39, 0.29) is 30.1 Å². The van der Waals surface area contributed by atoms with E-state index in [1.165, 1.54) is 32.0 Å². The number of carbonyl (C=O) groups excluding carboxylic acids is 6. The Morgan fingerprint density at radius 2 is 1.68 bits per heavy atom. The number of Topliss-reactive ketones (excluding diaryl/α,β-unsaturated/α-hetero) is 4. The minimum Gasteiger partial charge on any atom is -0.507 e. The second-order valence-corrected chi connectivity index (χ2v) is 11.0. The van der Waals surface area contributed by atoms with Crippen molar-refractivity contribution in [3.63, 3.8) is 0 Å². The number of phenolic OH excluding ortho intramolecular Hbond substituents is 1. The fourth-order valence-corrected chi connectivity index (χ4v) is 6.81. The number of aliphatic hydroxyl groups is 1. The second kappa shape index (κ2) is 9.46. The quantitative estimate of drug-likeness (QED) is 0.396. The highest BCUT2D eigenvalue weighted by Gasteiger charge is 2.69. The van der Waals surface area contributed by atoms with Crippen molar-refractivity contribution in [1.82, 2.24) is 4.90 Å². The molecule has 2 aromatic rings. The lowest BCUT2D eigenvalue weighted by Gasteiger charge is -2.52. The zero-order valence-electron chi connectivity index (χ0n) is 22.1. The molecule has 0 aromatic heterocycles. The standard InChI is InChI=1S/C29H29N3O8/c1-12(33)31-15-6-4-13(5-7-15)16-8-9-19(34)21-17(16)10-14-11-18-23(32(2)3)25(36)22(28(30)39)27(38)29(18,40)26(37)20(14)24(21)35/h4-9,14,18,20,22-23,34,40H,10-11H2,1-3H3,(H2,30,39)(H,31,33). The average molecular weight is 548 g/mol. The summed E-state index contributed by atoms with van der Waals surface area (Å²) in [6.07, 6.45) is 0.128. The van der Waals surface area contributed by atoms with Gasteiger partial charge in [-0.3, -0.25) is 33.7 Å². The van der Waals surface area contributed by atoms with Gasteiger partial charge in [-0.2, -0.15) is 0 Å². The molecule has 0 radical (unpaired) electrons. The van der Waals surface area contributed by atoms with E-state index in [4.69, 9.17) is 5.73 Å². The van der Waals surface area contributed by atoms with E-state index in [1.807, 2.05) is 0 Å². The number of primary amides is 1. The number of nitrogens with zero attached hydrogens (tertiary/aromatic N) is 1. The SMILES string of the molecule is CC(=O)Nc1ccc(-c2ccc(O)c3c2CC2CC4C(N(C)C)C(=O)C(C(N)=O)C(=O)C4(O)C(=O)C2C3=O)cc1. The highest BCUT2D eigenvalue weighted by atomic mass is 16.3. The van der Waals surface area contributed by atoms with Crippen LogP contribution in [-0.2, 0) is 30.4 Å². The van der Waals surface area contributed by atoms with Gasteiger partial charge in [0.25, 0.3) is 0 Å². The number of rotatable bonds is 4. The molecule has 2 fully saturated rings. The topological polar surface area (TPSA) is 184 Å². The largest absolute Gasteiger partial charge is 0.507 e. The summed E-state index contributed by atoms with van der Waals surface area (Å²) in [5.41, 5.74) is 4.92. The molecular weight excluding hydrogens is 518 g/mol. The molecule has 40 heavy (non-hydrogen) atoms. The molecule has 11 heteroatoms. The number of hydrogen-bond acceptors (Lipinski definition) is 9. The van der Waals surface area contributed by atoms with Crippen LogP contribution in [0.25, 0.3) is 11.1 Å². The van der Waals surface area contributed by atoms with Gasteiger partial charge in [0.1, 0.15) is 5.75 Å². The molecule has 2 amide bonds. The fraction of sp³-hybridized carbons (Fsp3) is 0.379. The van der Waals surface area contributed by atoms with Crippen LogP contribution in [0.4, 0.5) is 5.69 Å². The number of ketones is 4. The van der Waals surface area contributed by atoms with Crippen molar-refractivity contribution >= 4 is 40.6 Å². The lowest BCUT2D eigenvalue weighted by molar-refractivity contribution is -0.181. The molecule has 2 saturated carbocycles. The smallest absolute Gasteiger partial charge is 0.235 e. The molecule has 6 unspecified atom stereocenters. The molecule has 0 bridgehead atoms. The van der Waals surface area contributed by atoms with Crippen molar-refractivity contribution < 1.29 is 39.0 Å². The maximum atomic E-state index is 13.9. The van der Waals surface area contributed by atoms with Crippen molar-refractivity contribution in [3.05, 3.63) is 47.5 Å². The van der Waals surface area contributed by atoms with Crippen molar-refractivity contribution in [2.45, 2.75) is 31.4 Å². The number of phenols is 1. The van der Waals surface area contributed by atoms with E-state index in [1.54, 1.807) is 30.3 Å². The van der Waals surface area contributed by atoms with Gasteiger partial charge < -0.3 is 21.3 Å². The molecule has 3 aliphatic carbocycles. The Balaban J connectivity index is 1.61. The molecular formula is C29H29N3O8. The minimum atomic E-state index is -2.76. The summed E-state index contributed by atoms with van der Waals surface area (Å²) in [7, 11) is 3.07. The Bertz CT molecular complexity index is 1500. The third-order valence-corrected chi connectivity index (χ3v) is 8.46. The van der Waals surface area contributed by atoms with Crippen molar-refractivity contribution in [2.75, 3.05) is 19.4 Å². The van der Waals surface area contributed by atoms with E-state index in [0.29, 0.717) is 22.4 Å². The summed E-state index contributed by atoms with van der Waals surface area (Å²) >= 11 is 0. The Morgan fingerprint density at radius 3 is 2.25 bits per heavy atom. The van der Waals surface area contributed by atoms with Crippen LogP contribution in [0, 0.1) is 23.7 Å². The Morgan fingerprint density at radius 1 is 1.02 bits per heavy atom. The molecule has 0 saturated heterocycles. The van der Waals surface area contributed by atoms with Gasteiger partial charge in [-0.05, 0) is 67.7 Å². The number of carbonyl (C=O) groups is 6. The molecule has 2 aromatic carbocycles. The molecule has 0 spiro atoms. The lowest BCUT2D eigenvalue weighted by atomic mass is 9.52. The van der Waals surface area contributed by atoms with Gasteiger partial charge in [0.05, 0.1) is 17.5 Å². The Kier molecular flexibility index (Phi) is 6.47. The molecule has 208 valence electrons. The number of fused-ring (bicyclic) bond motifs is 3. The first kappa shape index (κ1) is 27.4. The van der Waals surface area contributed by atoms with Gasteiger partial charge in [-0.25, -0.2) is 0 Å². The van der Waals surface area contributed by atoms with Gasteiger partial charge in [0, 0.05) is 18.5 Å². The third-order valence-electron chi connectivity index (χ3n) is 8.46. The first-order chi connectivity index (χ1) is 18.8. The number of benzene rings is 2. The van der Waals surface area contributed by atoms with Gasteiger partial charge in [0.2, 0.25) is 11.8 Å². The van der Waals surface area contributed by atoms with Gasteiger partial charge in [-0.1, -0.05) is 18.2 Å². The van der Waals surface area contributed by atoms with E-state index in [2.05, 4.69) is 5.32 Å². The summed E-state index contributed by atoms with van der Waals surface area (Å²) < 4.78 is 0. The lowest BCUT2D eigenvalue weighted by Crippen LogP contribution is -2.74. The predicted molar refractivity (Wildman–Crippen MR) is 141 cm³/mol. The minimum absolute atomic E-state index is 0.0273. The van der Waals surface area contributed by atoms with Gasteiger partial charge >= 0.3 is 0 Å². The summed E-state index contributed by atoms with van der Waals surface area (Å²) in [5, 5.41) is 25.0. The Labute approximate surface area is 229 Å². The summed E-state index contributed by atoms with van der Waals surface area (Å²) in [6.45, 7) is 1.39. The molecule has 0 aliphatic heterocycles. The summed E-state index contributed by atoms with van der Waals surface area (Å²) in [6, 6.07) is 8.74. The van der Waals surface area contributed by atoms with Crippen LogP contribution in [0.2, 0.25) is 0 Å². The number of amides is 2. The van der Waals surface area contributed by atoms with Crippen LogP contribution in [0.3, 0.4) is 0 Å². The highest BCUT2D eigenvalue weighted by Crippen LogP contribution is 2.51. The van der Waals surface area contributed by atoms with Gasteiger partial charge in [-0.15, -0.1) is 0 Å². The maximum absolute atomic E-state index is 13.9. The van der Waals surface area contributed by atoms with Crippen LogP contribution in [-0.4, -0.2) is 75.8 Å². The van der Waals surface area contributed by atoms with Gasteiger partial charge in [0.15, 0.2) is 34.7 Å². The maximum Gasteiger partial charge on any atom is 0.235 e. The summed E-state index contributed by atoms with van der Waals surface area (Å²) in [4.78, 5) is 79.2. The first-order valence-corrected chi connectivity index (χ1v) is 12.9. The molecule has 3 aliphatic rings. The number of likely N-dealkylation sites (N-methyl/N-ethyl adjacent to an activating group) is 1. The predicted octanol–water partition coefficient (Wildman–Crippen LogP) is 0.492. The zero-order valence-corrected chi connectivity index (χ0v) is 22.1. The van der Waals surface area contributed by atoms with E-state index < -0.39 is 64.4 Å². The molecule has 5 rings (SSSR count). The van der Waals surface area contributed by atoms with Crippen LogP contribution in [0.5, 0.6) is 5.75 Å². The number of nitrogens with two attached hydrogens (primary N) is 1. The number of nitrogens with one attached hydrogen (secondary N) is 1. The number of anilines is 1. The normalized spacial score (nSPS) is 29.5. The monoisotopic (exact) mass is 547 g/mol. The number of aromatic hydroxyl groups is 1. The molecule has 5 N–H and O–H groups in total. The molecule has 0 heterocycles. The van der Waals surface area contributed by atoms with Crippen molar-refractivity contribution in [2.24, 2.45) is 29.4 Å². The second-order valence-electron chi connectivity index (χ2n) is 11.0. The highest BCUT2D eigenvalue weighted by molar-refractivity contribution is 6.32. The van der Waals surface area contributed by atoms with E-state index >= 15 is 0 Å². The first-order valence-electron chi connectivity index (χ1n) is 12.9. The average Bonchev–Trinajstić information content (AvgIpc) is 2.86.